The van der Waals surface area contributed by atoms with E-state index in [0.29, 0.717) is 6.54 Å². The maximum Gasteiger partial charge on any atom is 0.143 e. The number of nitrogens with two attached hydrogens (primary N) is 1. The first-order valence-electron chi connectivity index (χ1n) is 17.3. The monoisotopic (exact) mass is 674 g/mol. The van der Waals surface area contributed by atoms with Gasteiger partial charge in [-0.3, -0.25) is 0 Å². The quantitative estimate of drug-likeness (QED) is 0.124. The van der Waals surface area contributed by atoms with Crippen LogP contribution in [0.5, 0.6) is 0 Å². The zero-order valence-electron chi connectivity index (χ0n) is 29.3. The van der Waals surface area contributed by atoms with Crippen LogP contribution in [0.2, 0.25) is 0 Å². The molecule has 0 saturated heterocycles. The highest BCUT2D eigenvalue weighted by Gasteiger charge is 2.15. The predicted octanol–water partition coefficient (Wildman–Crippen LogP) is 12.8. The molecule has 0 unspecified atom stereocenters. The summed E-state index contributed by atoms with van der Waals surface area (Å²) >= 11 is 0. The Balaban J connectivity index is 0.000000414. The Morgan fingerprint density at radius 2 is 1.17 bits per heavy atom. The van der Waals surface area contributed by atoms with E-state index in [2.05, 4.69) is 178 Å². The summed E-state index contributed by atoms with van der Waals surface area (Å²) in [6, 6.07) is 56.5. The molecule has 0 fully saturated rings. The third-order valence-corrected chi connectivity index (χ3v) is 9.10. The van der Waals surface area contributed by atoms with Crippen molar-refractivity contribution in [2.24, 2.45) is 5.73 Å². The largest absolute Gasteiger partial charge is 0.455 e. The van der Waals surface area contributed by atoms with Gasteiger partial charge in [0, 0.05) is 22.7 Å². The molecule has 1 heterocycles. The van der Waals surface area contributed by atoms with E-state index >= 15 is 0 Å². The molecule has 0 aliphatic rings. The van der Waals surface area contributed by atoms with Crippen molar-refractivity contribution in [1.29, 1.82) is 5.41 Å². The van der Waals surface area contributed by atoms with Crippen LogP contribution in [0.4, 0.5) is 0 Å². The normalized spacial score (nSPS) is 11.0. The van der Waals surface area contributed by atoms with E-state index in [9.17, 15) is 0 Å². The van der Waals surface area contributed by atoms with Gasteiger partial charge < -0.3 is 15.6 Å². The molecule has 8 rings (SSSR count). The lowest BCUT2D eigenvalue weighted by Crippen LogP contribution is -1.99. The molecule has 7 aromatic carbocycles. The number of furan rings is 1. The van der Waals surface area contributed by atoms with Crippen LogP contribution in [0.3, 0.4) is 0 Å². The Morgan fingerprint density at radius 3 is 1.85 bits per heavy atom. The molecular formula is C49H42N2O. The molecular weight excluding hydrogens is 633 g/mol. The van der Waals surface area contributed by atoms with Gasteiger partial charge in [0.05, 0.1) is 0 Å². The summed E-state index contributed by atoms with van der Waals surface area (Å²) in [5.74, 6) is 0. The van der Waals surface area contributed by atoms with E-state index < -0.39 is 0 Å². The number of hydrogen-bond donors (Lipinski definition) is 2. The van der Waals surface area contributed by atoms with Gasteiger partial charge >= 0.3 is 0 Å². The Labute approximate surface area is 306 Å². The van der Waals surface area contributed by atoms with Crippen LogP contribution in [0.15, 0.2) is 199 Å². The highest BCUT2D eigenvalue weighted by Crippen LogP contribution is 2.40. The van der Waals surface area contributed by atoms with Crippen molar-refractivity contribution >= 4 is 39.4 Å². The minimum absolute atomic E-state index is 0.537. The van der Waals surface area contributed by atoms with Gasteiger partial charge in [-0.05, 0) is 92.9 Å². The third kappa shape index (κ3) is 7.76. The molecule has 0 atom stereocenters. The molecule has 1 aromatic heterocycles. The van der Waals surface area contributed by atoms with Gasteiger partial charge in [0.2, 0.25) is 0 Å². The van der Waals surface area contributed by atoms with E-state index in [0.717, 1.165) is 33.9 Å². The lowest BCUT2D eigenvalue weighted by Gasteiger charge is -2.10. The summed E-state index contributed by atoms with van der Waals surface area (Å²) in [5, 5.41) is 10.2. The molecule has 0 aliphatic carbocycles. The van der Waals surface area contributed by atoms with E-state index in [1.165, 1.54) is 55.3 Å². The SMILES string of the molecule is C=C/C=C(\C=C)CN.C=N.c1ccc(Cc2cccc(-c3cccc(-c4cccc(-c5cccc6oc7c8ccccc8ccc7c56)c4)c3)c2)cc1. The summed E-state index contributed by atoms with van der Waals surface area (Å²) in [4.78, 5) is 0. The van der Waals surface area contributed by atoms with Crippen molar-refractivity contribution in [3.8, 4) is 33.4 Å². The Bertz CT molecular complexity index is 2500. The van der Waals surface area contributed by atoms with Crippen LogP contribution in [-0.4, -0.2) is 13.3 Å². The molecule has 3 nitrogen and oxygen atoms in total. The van der Waals surface area contributed by atoms with E-state index in [1.807, 2.05) is 6.08 Å². The molecule has 8 aromatic rings. The van der Waals surface area contributed by atoms with Crippen LogP contribution in [-0.2, 0) is 6.42 Å². The smallest absolute Gasteiger partial charge is 0.143 e. The Kier molecular flexibility index (Phi) is 11.5. The van der Waals surface area contributed by atoms with Crippen molar-refractivity contribution in [2.75, 3.05) is 6.54 Å². The summed E-state index contributed by atoms with van der Waals surface area (Å²) in [6.07, 6.45) is 6.19. The fourth-order valence-corrected chi connectivity index (χ4v) is 6.60. The first-order valence-corrected chi connectivity index (χ1v) is 17.3. The van der Waals surface area contributed by atoms with Gasteiger partial charge in [0.25, 0.3) is 0 Å². The van der Waals surface area contributed by atoms with E-state index in [-0.39, 0.29) is 0 Å². The van der Waals surface area contributed by atoms with Crippen LogP contribution in [0.1, 0.15) is 11.1 Å². The average Bonchev–Trinajstić information content (AvgIpc) is 3.61. The summed E-state index contributed by atoms with van der Waals surface area (Å²) in [5.41, 5.74) is 18.1. The first kappa shape index (κ1) is 35.3. The van der Waals surface area contributed by atoms with Gasteiger partial charge in [-0.1, -0.05) is 165 Å². The van der Waals surface area contributed by atoms with Crippen molar-refractivity contribution in [1.82, 2.24) is 0 Å². The number of rotatable bonds is 8. The molecule has 3 heteroatoms. The lowest BCUT2D eigenvalue weighted by molar-refractivity contribution is 0.673. The van der Waals surface area contributed by atoms with Gasteiger partial charge in [-0.2, -0.15) is 0 Å². The van der Waals surface area contributed by atoms with Crippen LogP contribution >= 0.6 is 0 Å². The van der Waals surface area contributed by atoms with E-state index in [4.69, 9.17) is 15.6 Å². The summed E-state index contributed by atoms with van der Waals surface area (Å²) < 4.78 is 6.45. The standard InChI is InChI=1S/C41H28O.C7H11N.CH3N/c1-2-10-28(11-3-1)24-29-12-6-14-31(25-29)32-15-7-16-33(26-32)34-17-8-18-35(27-34)36-20-9-21-39-40(36)38-23-22-30-13-4-5-19-37(30)41(38)42-39;1-3-5-7(4-2)6-8;1-2/h1-23,25-27H,24H2;3-5H,1-2,6,8H2;2H,1H2/b;7-5+;. The molecule has 0 saturated carbocycles. The van der Waals surface area contributed by atoms with Crippen LogP contribution in [0.25, 0.3) is 66.1 Å². The molecule has 254 valence electrons. The second-order valence-corrected chi connectivity index (χ2v) is 12.4. The maximum atomic E-state index is 6.45. The predicted molar refractivity (Wildman–Crippen MR) is 224 cm³/mol. The highest BCUT2D eigenvalue weighted by molar-refractivity contribution is 6.19. The fraction of sp³-hybridized carbons (Fsp3) is 0.0408. The maximum absolute atomic E-state index is 6.45. The first-order chi connectivity index (χ1) is 25.6. The summed E-state index contributed by atoms with van der Waals surface area (Å²) in [6.45, 7) is 10.1. The Hall–Kier alpha value is -6.55. The summed E-state index contributed by atoms with van der Waals surface area (Å²) in [7, 11) is 0. The molecule has 0 radical (unpaired) electrons. The van der Waals surface area contributed by atoms with Crippen molar-refractivity contribution in [3.63, 3.8) is 0 Å². The molecule has 0 aliphatic heterocycles. The van der Waals surface area contributed by atoms with Crippen LogP contribution in [0, 0.1) is 5.41 Å². The Morgan fingerprint density at radius 1 is 0.577 bits per heavy atom. The second kappa shape index (κ2) is 16.9. The minimum atomic E-state index is 0.537. The minimum Gasteiger partial charge on any atom is -0.455 e. The van der Waals surface area contributed by atoms with Gasteiger partial charge in [0.1, 0.15) is 11.2 Å². The van der Waals surface area contributed by atoms with Crippen LogP contribution < -0.4 is 5.73 Å². The fourth-order valence-electron chi connectivity index (χ4n) is 6.60. The molecule has 52 heavy (non-hydrogen) atoms. The average molecular weight is 675 g/mol. The highest BCUT2D eigenvalue weighted by atomic mass is 16.3. The van der Waals surface area contributed by atoms with Crippen molar-refractivity contribution in [3.05, 3.63) is 206 Å². The lowest BCUT2D eigenvalue weighted by atomic mass is 9.93. The number of nitrogens with one attached hydrogen (secondary N) is 1. The topological polar surface area (TPSA) is 63.0 Å². The van der Waals surface area contributed by atoms with Crippen molar-refractivity contribution in [2.45, 2.75) is 6.42 Å². The molecule has 0 bridgehead atoms. The van der Waals surface area contributed by atoms with Gasteiger partial charge in [-0.15, -0.1) is 0 Å². The number of allylic oxidation sites excluding steroid dienone is 2. The zero-order valence-corrected chi connectivity index (χ0v) is 29.3. The molecule has 0 spiro atoms. The van der Waals surface area contributed by atoms with Crippen molar-refractivity contribution < 1.29 is 4.42 Å². The molecule has 0 amide bonds. The number of benzene rings is 7. The molecule has 3 N–H and O–H groups in total. The zero-order chi connectivity index (χ0) is 36.3. The second-order valence-electron chi connectivity index (χ2n) is 12.4. The third-order valence-electron chi connectivity index (χ3n) is 9.10. The van der Waals surface area contributed by atoms with Gasteiger partial charge in [-0.25, -0.2) is 0 Å². The number of fused-ring (bicyclic) bond motifs is 5. The van der Waals surface area contributed by atoms with Gasteiger partial charge in [0.15, 0.2) is 0 Å². The number of hydrogen-bond acceptors (Lipinski definition) is 3. The van der Waals surface area contributed by atoms with E-state index in [1.54, 1.807) is 12.2 Å².